The number of hydrogen-bond acceptors (Lipinski definition) is 2. The number of pyridine rings is 1. The predicted molar refractivity (Wildman–Crippen MR) is 54.7 cm³/mol. The van der Waals surface area contributed by atoms with Crippen LogP contribution < -0.4 is 0 Å². The Morgan fingerprint density at radius 2 is 2.31 bits per heavy atom. The van der Waals surface area contributed by atoms with Gasteiger partial charge in [0.05, 0.1) is 0 Å². The lowest BCUT2D eigenvalue weighted by Crippen LogP contribution is -2.14. The number of ether oxygens (including phenoxy) is 1. The van der Waals surface area contributed by atoms with Crippen LogP contribution in [0.15, 0.2) is 22.9 Å². The molecule has 0 aliphatic carbocycles. The van der Waals surface area contributed by atoms with Crippen LogP contribution in [-0.2, 0) is 4.74 Å². The van der Waals surface area contributed by atoms with E-state index in [0.717, 1.165) is 0 Å². The molecule has 0 bridgehead atoms. The molecule has 0 atom stereocenters. The van der Waals surface area contributed by atoms with Crippen LogP contribution in [0.3, 0.4) is 0 Å². The minimum Gasteiger partial charge on any atom is -0.381 e. The molecule has 1 fully saturated rings. The van der Waals surface area contributed by atoms with E-state index in [9.17, 15) is 0 Å². The summed E-state index contributed by atoms with van der Waals surface area (Å²) in [4.78, 5) is 3.95. The van der Waals surface area contributed by atoms with Gasteiger partial charge in [-0.2, -0.15) is 0 Å². The first-order chi connectivity index (χ1) is 8.21. The van der Waals surface area contributed by atoms with Crippen molar-refractivity contribution in [1.29, 1.82) is 0 Å². The highest BCUT2D eigenvalue weighted by molar-refractivity contribution is 9.10. The molecular formula is C10H12BrNO. The van der Waals surface area contributed by atoms with Crippen LogP contribution in [0.5, 0.6) is 0 Å². The average Bonchev–Trinajstić information content (AvgIpc) is 2.26. The molecule has 70 valence electrons. The molecule has 1 aromatic rings. The Hall–Kier alpha value is -0.410. The van der Waals surface area contributed by atoms with Gasteiger partial charge in [0.1, 0.15) is 4.60 Å². The summed E-state index contributed by atoms with van der Waals surface area (Å²) in [5.74, 6) is -2.04. The van der Waals surface area contributed by atoms with Crippen LogP contribution in [-0.4, -0.2) is 18.2 Å². The summed E-state index contributed by atoms with van der Waals surface area (Å²) < 4.78 is 45.5. The van der Waals surface area contributed by atoms with Crippen molar-refractivity contribution in [2.24, 2.45) is 0 Å². The Balaban J connectivity index is 2.56. The standard InChI is InChI=1S/C10H12BrNO/c11-10-2-1-9(7-12-10)8-3-5-13-6-4-8/h1-2,7-8H,3-6H2/i3D2,4D2,8D. The van der Waals surface area contributed by atoms with E-state index in [0.29, 0.717) is 4.60 Å². The second-order valence-corrected chi connectivity index (χ2v) is 3.40. The van der Waals surface area contributed by atoms with Crippen molar-refractivity contribution < 1.29 is 11.6 Å². The largest absolute Gasteiger partial charge is 0.381 e. The van der Waals surface area contributed by atoms with E-state index in [1.165, 1.54) is 12.3 Å². The SMILES string of the molecule is [2H]C1([2H])COCC([2H])([2H])C1([2H])c1ccc(Br)nc1. The molecule has 0 radical (unpaired) electrons. The van der Waals surface area contributed by atoms with Gasteiger partial charge in [0, 0.05) is 26.3 Å². The Bertz CT molecular complexity index is 434. The van der Waals surface area contributed by atoms with Crippen LogP contribution in [0.4, 0.5) is 0 Å². The molecule has 1 aliphatic heterocycles. The maximum absolute atomic E-state index is 8.35. The van der Waals surface area contributed by atoms with Crippen LogP contribution in [0.1, 0.15) is 31.1 Å². The molecule has 0 saturated carbocycles. The van der Waals surface area contributed by atoms with Gasteiger partial charge in [0.15, 0.2) is 0 Å². The minimum absolute atomic E-state index is 0.212. The van der Waals surface area contributed by atoms with Crippen LogP contribution in [0.2, 0.25) is 0 Å². The van der Waals surface area contributed by atoms with Crippen molar-refractivity contribution in [1.82, 2.24) is 4.98 Å². The summed E-state index contributed by atoms with van der Waals surface area (Å²) in [6.07, 6.45) is -2.91. The first-order valence-electron chi connectivity index (χ1n) is 6.40. The fourth-order valence-corrected chi connectivity index (χ4v) is 1.32. The van der Waals surface area contributed by atoms with Gasteiger partial charge in [-0.1, -0.05) is 6.07 Å². The number of aromatic nitrogens is 1. The fraction of sp³-hybridized carbons (Fsp3) is 0.500. The van der Waals surface area contributed by atoms with Crippen molar-refractivity contribution >= 4 is 15.9 Å². The highest BCUT2D eigenvalue weighted by Crippen LogP contribution is 2.26. The zero-order valence-electron chi connectivity index (χ0n) is 11.9. The van der Waals surface area contributed by atoms with Gasteiger partial charge in [0.25, 0.3) is 0 Å². The number of rotatable bonds is 1. The number of nitrogens with zero attached hydrogens (tertiary/aromatic N) is 1. The smallest absolute Gasteiger partial charge is 0.106 e. The molecule has 1 aromatic heterocycles. The lowest BCUT2D eigenvalue weighted by Gasteiger charge is -2.21. The Morgan fingerprint density at radius 1 is 1.54 bits per heavy atom. The van der Waals surface area contributed by atoms with Gasteiger partial charge in [-0.15, -0.1) is 0 Å². The summed E-state index contributed by atoms with van der Waals surface area (Å²) in [6.45, 7) is -0.599. The summed E-state index contributed by atoms with van der Waals surface area (Å²) >= 11 is 3.16. The van der Waals surface area contributed by atoms with Crippen LogP contribution in [0, 0.1) is 0 Å². The van der Waals surface area contributed by atoms with E-state index in [4.69, 9.17) is 11.6 Å². The summed E-state index contributed by atoms with van der Waals surface area (Å²) in [7, 11) is 0. The molecule has 1 saturated heterocycles. The topological polar surface area (TPSA) is 22.1 Å². The van der Waals surface area contributed by atoms with Gasteiger partial charge in [0.2, 0.25) is 0 Å². The highest BCUT2D eigenvalue weighted by Gasteiger charge is 2.15. The third-order valence-electron chi connectivity index (χ3n) is 1.72. The van der Waals surface area contributed by atoms with Crippen molar-refractivity contribution in [3.8, 4) is 0 Å². The number of hydrogen-bond donors (Lipinski definition) is 0. The highest BCUT2D eigenvalue weighted by atomic mass is 79.9. The van der Waals surface area contributed by atoms with E-state index in [1.54, 1.807) is 6.07 Å². The van der Waals surface area contributed by atoms with E-state index >= 15 is 0 Å². The zero-order chi connectivity index (χ0) is 13.6. The molecule has 0 N–H and O–H groups in total. The summed E-state index contributed by atoms with van der Waals surface area (Å²) in [5, 5.41) is 0. The molecule has 0 amide bonds. The van der Waals surface area contributed by atoms with E-state index < -0.39 is 18.6 Å². The van der Waals surface area contributed by atoms with Gasteiger partial charge < -0.3 is 4.74 Å². The Kier molecular flexibility index (Phi) is 1.58. The van der Waals surface area contributed by atoms with Gasteiger partial charge in [-0.25, -0.2) is 4.98 Å². The van der Waals surface area contributed by atoms with Crippen molar-refractivity contribution in [2.75, 3.05) is 13.2 Å². The zero-order valence-corrected chi connectivity index (χ0v) is 8.47. The maximum atomic E-state index is 8.35. The van der Waals surface area contributed by atoms with Crippen molar-refractivity contribution in [2.45, 2.75) is 18.6 Å². The maximum Gasteiger partial charge on any atom is 0.106 e. The van der Waals surface area contributed by atoms with Gasteiger partial charge in [-0.3, -0.25) is 0 Å². The number of halogens is 1. The first kappa shape index (κ1) is 4.89. The monoisotopic (exact) mass is 246 g/mol. The lowest BCUT2D eigenvalue weighted by atomic mass is 9.93. The molecule has 0 aromatic carbocycles. The first-order valence-corrected chi connectivity index (χ1v) is 4.70. The normalized spacial score (nSPS) is 34.7. The molecule has 2 rings (SSSR count). The molecule has 3 heteroatoms. The Morgan fingerprint density at radius 3 is 2.92 bits per heavy atom. The van der Waals surface area contributed by atoms with Crippen molar-refractivity contribution in [3.63, 3.8) is 0 Å². The molecule has 2 nitrogen and oxygen atoms in total. The molecule has 0 spiro atoms. The van der Waals surface area contributed by atoms with Crippen molar-refractivity contribution in [3.05, 3.63) is 28.5 Å². The van der Waals surface area contributed by atoms with Gasteiger partial charge >= 0.3 is 0 Å². The third kappa shape index (κ3) is 2.29. The molecule has 0 unspecified atom stereocenters. The molecule has 1 aliphatic rings. The minimum atomic E-state index is -2.12. The van der Waals surface area contributed by atoms with Crippen LogP contribution in [0.25, 0.3) is 0 Å². The summed E-state index contributed by atoms with van der Waals surface area (Å²) in [5.41, 5.74) is 0.212. The van der Waals surface area contributed by atoms with E-state index in [2.05, 4.69) is 20.9 Å². The lowest BCUT2D eigenvalue weighted by molar-refractivity contribution is 0.0852. The fourth-order valence-electron chi connectivity index (χ4n) is 1.09. The second-order valence-electron chi connectivity index (χ2n) is 2.59. The quantitative estimate of drug-likeness (QED) is 0.712. The molecule has 13 heavy (non-hydrogen) atoms. The second kappa shape index (κ2) is 4.20. The predicted octanol–water partition coefficient (Wildman–Crippen LogP) is 2.74. The van der Waals surface area contributed by atoms with Crippen LogP contribution >= 0.6 is 15.9 Å². The molecule has 2 heterocycles. The third-order valence-corrected chi connectivity index (χ3v) is 2.19. The molecular weight excluding hydrogens is 230 g/mol. The van der Waals surface area contributed by atoms with E-state index in [1.807, 2.05) is 0 Å². The average molecular weight is 247 g/mol. The summed E-state index contributed by atoms with van der Waals surface area (Å²) in [6, 6.07) is 3.10. The van der Waals surface area contributed by atoms with E-state index in [-0.39, 0.29) is 18.8 Å². The Labute approximate surface area is 93.5 Å². The van der Waals surface area contributed by atoms with Gasteiger partial charge in [-0.05, 0) is 46.2 Å².